The summed E-state index contributed by atoms with van der Waals surface area (Å²) in [5.41, 5.74) is -0.704. The number of aliphatic hydroxyl groups is 1. The Morgan fingerprint density at radius 2 is 2.12 bits per heavy atom. The molecular formula is C22H26BrClN2O6. The minimum atomic E-state index is -1.14. The fourth-order valence-electron chi connectivity index (χ4n) is 5.34. The van der Waals surface area contributed by atoms with Gasteiger partial charge in [-0.1, -0.05) is 39.7 Å². The third kappa shape index (κ3) is 3.73. The second-order valence-electron chi connectivity index (χ2n) is 8.35. The van der Waals surface area contributed by atoms with Crippen molar-refractivity contribution in [3.05, 3.63) is 29.3 Å². The maximum atomic E-state index is 13.6. The number of anilines is 1. The molecule has 10 heteroatoms. The summed E-state index contributed by atoms with van der Waals surface area (Å²) in [6.07, 6.45) is 0.887. The second kappa shape index (κ2) is 9.29. The van der Waals surface area contributed by atoms with Gasteiger partial charge >= 0.3 is 5.97 Å². The van der Waals surface area contributed by atoms with Crippen LogP contribution >= 0.6 is 27.5 Å². The van der Waals surface area contributed by atoms with Gasteiger partial charge in [0.1, 0.15) is 11.6 Å². The number of fused-ring (bicyclic) bond motifs is 1. The molecule has 174 valence electrons. The van der Waals surface area contributed by atoms with Crippen molar-refractivity contribution in [2.75, 3.05) is 25.1 Å². The number of nitrogens with one attached hydrogen (secondary N) is 1. The molecule has 0 aliphatic carbocycles. The Labute approximate surface area is 199 Å². The number of hydrogen-bond donors (Lipinski definition) is 2. The van der Waals surface area contributed by atoms with E-state index in [1.165, 1.54) is 4.90 Å². The molecule has 0 aromatic heterocycles. The zero-order valence-electron chi connectivity index (χ0n) is 17.6. The van der Waals surface area contributed by atoms with Crippen molar-refractivity contribution >= 4 is 51.0 Å². The molecule has 3 fully saturated rings. The normalized spacial score (nSPS) is 32.8. The number of halogens is 2. The van der Waals surface area contributed by atoms with Crippen LogP contribution in [0.25, 0.3) is 0 Å². The maximum absolute atomic E-state index is 13.6. The highest BCUT2D eigenvalue weighted by atomic mass is 79.9. The molecule has 4 rings (SSSR count). The lowest BCUT2D eigenvalue weighted by atomic mass is 9.70. The predicted octanol–water partition coefficient (Wildman–Crippen LogP) is 2.36. The van der Waals surface area contributed by atoms with E-state index in [9.17, 15) is 19.5 Å². The molecule has 1 aromatic carbocycles. The van der Waals surface area contributed by atoms with Crippen molar-refractivity contribution < 1.29 is 29.0 Å². The van der Waals surface area contributed by atoms with Crippen LogP contribution in [-0.2, 0) is 23.9 Å². The first-order valence-electron chi connectivity index (χ1n) is 10.8. The monoisotopic (exact) mass is 528 g/mol. The van der Waals surface area contributed by atoms with E-state index in [4.69, 9.17) is 21.1 Å². The van der Waals surface area contributed by atoms with Gasteiger partial charge in [0.25, 0.3) is 0 Å². The molecular weight excluding hydrogens is 504 g/mol. The van der Waals surface area contributed by atoms with E-state index >= 15 is 0 Å². The minimum absolute atomic E-state index is 0.0133. The van der Waals surface area contributed by atoms with Gasteiger partial charge in [0.2, 0.25) is 11.8 Å². The third-order valence-corrected chi connectivity index (χ3v) is 7.71. The molecule has 2 N–H and O–H groups in total. The van der Waals surface area contributed by atoms with Gasteiger partial charge in [-0.05, 0) is 38.3 Å². The van der Waals surface area contributed by atoms with Gasteiger partial charge in [0, 0.05) is 18.0 Å². The van der Waals surface area contributed by atoms with E-state index in [1.807, 2.05) is 0 Å². The zero-order valence-corrected chi connectivity index (χ0v) is 20.0. The van der Waals surface area contributed by atoms with E-state index in [0.29, 0.717) is 30.0 Å². The van der Waals surface area contributed by atoms with E-state index < -0.39 is 41.5 Å². The summed E-state index contributed by atoms with van der Waals surface area (Å²) < 4.78 is 11.6. The molecule has 3 aliphatic heterocycles. The average molecular weight is 530 g/mol. The topological polar surface area (TPSA) is 105 Å². The van der Waals surface area contributed by atoms with Crippen LogP contribution in [0.5, 0.6) is 0 Å². The van der Waals surface area contributed by atoms with Gasteiger partial charge in [-0.3, -0.25) is 14.4 Å². The number of nitrogens with zero attached hydrogens (tertiary/aromatic N) is 1. The molecule has 6 atom stereocenters. The molecule has 1 spiro atoms. The van der Waals surface area contributed by atoms with Crippen LogP contribution in [0.1, 0.15) is 26.2 Å². The molecule has 1 aromatic rings. The molecule has 0 saturated carbocycles. The number of carbonyl (C=O) groups is 3. The first-order valence-corrected chi connectivity index (χ1v) is 12.1. The number of carbonyl (C=O) groups excluding carboxylic acids is 3. The Bertz CT molecular complexity index is 916. The van der Waals surface area contributed by atoms with E-state index in [2.05, 4.69) is 21.2 Å². The van der Waals surface area contributed by atoms with Gasteiger partial charge in [0.15, 0.2) is 0 Å². The Balaban J connectivity index is 1.70. The first kappa shape index (κ1) is 23.5. The summed E-state index contributed by atoms with van der Waals surface area (Å²) in [5.74, 6) is -2.76. The van der Waals surface area contributed by atoms with Crippen molar-refractivity contribution in [2.45, 2.75) is 48.8 Å². The molecule has 8 nitrogen and oxygen atoms in total. The minimum Gasteiger partial charge on any atom is -0.466 e. The molecule has 0 radical (unpaired) electrons. The maximum Gasteiger partial charge on any atom is 0.312 e. The van der Waals surface area contributed by atoms with Crippen LogP contribution in [0.15, 0.2) is 24.3 Å². The number of ether oxygens (including phenoxy) is 2. The van der Waals surface area contributed by atoms with Crippen LogP contribution in [0, 0.1) is 11.8 Å². The van der Waals surface area contributed by atoms with E-state index in [0.717, 1.165) is 0 Å². The number of para-hydroxylation sites is 1. The first-order chi connectivity index (χ1) is 15.4. The Morgan fingerprint density at radius 3 is 2.81 bits per heavy atom. The summed E-state index contributed by atoms with van der Waals surface area (Å²) in [5, 5.41) is 12.4. The Morgan fingerprint density at radius 1 is 1.38 bits per heavy atom. The van der Waals surface area contributed by atoms with Crippen molar-refractivity contribution in [1.29, 1.82) is 0 Å². The molecule has 3 aliphatic rings. The lowest BCUT2D eigenvalue weighted by Gasteiger charge is -2.34. The van der Waals surface area contributed by atoms with Crippen LogP contribution in [0.3, 0.4) is 0 Å². The number of esters is 1. The van der Waals surface area contributed by atoms with Crippen molar-refractivity contribution in [1.82, 2.24) is 4.90 Å². The fraction of sp³-hybridized carbons (Fsp3) is 0.591. The Hall–Kier alpha value is -1.68. The van der Waals surface area contributed by atoms with E-state index in [-0.39, 0.29) is 30.5 Å². The number of likely N-dealkylation sites (tertiary alicyclic amines) is 1. The number of rotatable bonds is 8. The van der Waals surface area contributed by atoms with Crippen LogP contribution < -0.4 is 5.32 Å². The largest absolute Gasteiger partial charge is 0.466 e. The summed E-state index contributed by atoms with van der Waals surface area (Å²) in [4.78, 5) is 41.3. The number of hydrogen-bond acceptors (Lipinski definition) is 6. The molecule has 32 heavy (non-hydrogen) atoms. The quantitative estimate of drug-likeness (QED) is 0.304. The highest BCUT2D eigenvalue weighted by molar-refractivity contribution is 9.09. The molecule has 1 unspecified atom stereocenters. The van der Waals surface area contributed by atoms with Crippen LogP contribution in [-0.4, -0.2) is 70.1 Å². The number of amides is 2. The van der Waals surface area contributed by atoms with Gasteiger partial charge in [-0.15, -0.1) is 0 Å². The summed E-state index contributed by atoms with van der Waals surface area (Å²) in [6.45, 7) is 2.17. The van der Waals surface area contributed by atoms with Gasteiger partial charge in [-0.25, -0.2) is 0 Å². The number of benzene rings is 1. The smallest absolute Gasteiger partial charge is 0.312 e. The van der Waals surface area contributed by atoms with Gasteiger partial charge in [-0.2, -0.15) is 0 Å². The van der Waals surface area contributed by atoms with E-state index in [1.54, 1.807) is 31.2 Å². The van der Waals surface area contributed by atoms with Crippen LogP contribution in [0.4, 0.5) is 5.69 Å². The van der Waals surface area contributed by atoms with Crippen molar-refractivity contribution in [2.24, 2.45) is 11.8 Å². The Kier molecular flexibility index (Phi) is 6.81. The summed E-state index contributed by atoms with van der Waals surface area (Å²) in [6, 6.07) is 5.93. The van der Waals surface area contributed by atoms with Crippen molar-refractivity contribution in [3.8, 4) is 0 Å². The SMILES string of the molecule is CCOC(=O)[C@@H]1[C@H]2O[C@@]3(CC2Br)[C@H](C(=O)Nc2ccccc2Cl)N(CCCCO)C(=O)[C@@H]13. The number of aliphatic hydroxyl groups excluding tert-OH is 1. The van der Waals surface area contributed by atoms with Gasteiger partial charge in [0.05, 0.1) is 35.3 Å². The lowest BCUT2D eigenvalue weighted by Crippen LogP contribution is -2.54. The predicted molar refractivity (Wildman–Crippen MR) is 120 cm³/mol. The zero-order chi connectivity index (χ0) is 23.0. The fourth-order valence-corrected chi connectivity index (χ4v) is 6.46. The molecule has 2 bridgehead atoms. The third-order valence-electron chi connectivity index (χ3n) is 6.54. The van der Waals surface area contributed by atoms with Gasteiger partial charge < -0.3 is 24.8 Å². The molecule has 2 amide bonds. The highest BCUT2D eigenvalue weighted by Crippen LogP contribution is 2.60. The number of unbranched alkanes of at least 4 members (excludes halogenated alkanes) is 1. The molecule has 3 saturated heterocycles. The lowest BCUT2D eigenvalue weighted by molar-refractivity contribution is -0.154. The highest BCUT2D eigenvalue weighted by Gasteiger charge is 2.76. The summed E-state index contributed by atoms with van der Waals surface area (Å²) in [7, 11) is 0. The number of alkyl halides is 1. The standard InChI is InChI=1S/C22H26BrClN2O6/c1-2-31-21(30)15-16-20(29)26(9-5-6-10-27)18(22(16)11-12(23)17(15)32-22)19(28)25-14-8-4-3-7-13(14)24/h3-4,7-8,12,15-18,27H,2,5-6,9-11H2,1H3,(H,25,28)/t12?,15-,16+,17-,18-,22+/m0/s1. The second-order valence-corrected chi connectivity index (χ2v) is 9.93. The average Bonchev–Trinajstić information content (AvgIpc) is 3.34. The van der Waals surface area contributed by atoms with Crippen molar-refractivity contribution in [3.63, 3.8) is 0 Å². The van der Waals surface area contributed by atoms with Crippen LogP contribution in [0.2, 0.25) is 5.02 Å². The molecule has 3 heterocycles. The summed E-state index contributed by atoms with van der Waals surface area (Å²) >= 11 is 9.83.